The molecule has 2 aliphatic rings. The molecule has 0 N–H and O–H groups in total. The lowest BCUT2D eigenvalue weighted by atomic mass is 10.1. The summed E-state index contributed by atoms with van der Waals surface area (Å²) in [7, 11) is 1.73. The topological polar surface area (TPSA) is 31.2 Å². The highest BCUT2D eigenvalue weighted by atomic mass is 32.2. The van der Waals surface area contributed by atoms with Crippen LogP contribution in [0.3, 0.4) is 0 Å². The van der Waals surface area contributed by atoms with Crippen molar-refractivity contribution in [2.45, 2.75) is 0 Å². The Hall–Kier alpha value is -2.40. The standard InChI is InChI=1S/C16H14N4S/c1-19-18-16(13-8-4-2-5-9-13)15-12-17-20(21(15)19)14-10-6-3-7-11-14/h2-12H,1H3. The molecule has 0 saturated heterocycles. The molecule has 1 atom stereocenters. The van der Waals surface area contributed by atoms with Gasteiger partial charge in [-0.15, -0.1) is 0 Å². The average molecular weight is 294 g/mol. The van der Waals surface area contributed by atoms with Gasteiger partial charge in [0.15, 0.2) is 0 Å². The molecule has 2 aliphatic heterocycles. The van der Waals surface area contributed by atoms with Crippen LogP contribution in [0.2, 0.25) is 0 Å². The monoisotopic (exact) mass is 294 g/mol. The first-order valence-corrected chi connectivity index (χ1v) is 7.87. The molecule has 0 bridgehead atoms. The van der Waals surface area contributed by atoms with E-state index in [2.05, 4.69) is 29.4 Å². The molecule has 0 spiro atoms. The van der Waals surface area contributed by atoms with Crippen LogP contribution < -0.4 is 4.41 Å². The summed E-state index contributed by atoms with van der Waals surface area (Å²) in [5, 5.41) is 9.29. The molecule has 2 aromatic rings. The predicted molar refractivity (Wildman–Crippen MR) is 90.8 cm³/mol. The van der Waals surface area contributed by atoms with E-state index in [1.54, 1.807) is 0 Å². The zero-order valence-corrected chi connectivity index (χ0v) is 12.4. The Balaban J connectivity index is 1.77. The van der Waals surface area contributed by atoms with Crippen LogP contribution in [0.25, 0.3) is 0 Å². The van der Waals surface area contributed by atoms with Crippen LogP contribution in [0, 0.1) is 0 Å². The SMILES string of the molecule is CN1N=C(c2ccccc2)C2=S1N(c1ccccc1)N=C2. The molecule has 5 heteroatoms. The van der Waals surface area contributed by atoms with E-state index in [1.807, 2.05) is 58.5 Å². The number of hydrogen-bond acceptors (Lipinski definition) is 4. The van der Waals surface area contributed by atoms with Gasteiger partial charge < -0.3 is 0 Å². The van der Waals surface area contributed by atoms with Crippen molar-refractivity contribution in [1.82, 2.24) is 4.41 Å². The molecule has 1 unspecified atom stereocenters. The summed E-state index contributed by atoms with van der Waals surface area (Å²) in [4.78, 5) is 1.17. The minimum Gasteiger partial charge on any atom is -0.228 e. The molecule has 4 rings (SSSR count). The summed E-state index contributed by atoms with van der Waals surface area (Å²) in [5.74, 6) is 0. The van der Waals surface area contributed by atoms with Crippen LogP contribution in [0.4, 0.5) is 5.69 Å². The van der Waals surface area contributed by atoms with Crippen molar-refractivity contribution in [3.8, 4) is 0 Å². The van der Waals surface area contributed by atoms with Crippen LogP contribution in [0.15, 0.2) is 70.9 Å². The first kappa shape index (κ1) is 12.3. The summed E-state index contributed by atoms with van der Waals surface area (Å²) in [5.41, 5.74) is 3.24. The molecule has 0 aliphatic carbocycles. The number of rotatable bonds is 2. The fourth-order valence-electron chi connectivity index (χ4n) is 2.44. The van der Waals surface area contributed by atoms with Gasteiger partial charge in [-0.3, -0.25) is 0 Å². The van der Waals surface area contributed by atoms with E-state index in [9.17, 15) is 0 Å². The second-order valence-electron chi connectivity index (χ2n) is 4.76. The fourth-order valence-corrected chi connectivity index (χ4v) is 4.22. The molecular weight excluding hydrogens is 280 g/mol. The molecule has 0 saturated carbocycles. The van der Waals surface area contributed by atoms with Gasteiger partial charge in [-0.1, -0.05) is 48.5 Å². The lowest BCUT2D eigenvalue weighted by molar-refractivity contribution is 0.617. The van der Waals surface area contributed by atoms with Crippen LogP contribution in [-0.2, 0) is 0 Å². The molecular formula is C16H14N4S. The largest absolute Gasteiger partial charge is 0.228 e. The lowest BCUT2D eigenvalue weighted by Crippen LogP contribution is -2.14. The van der Waals surface area contributed by atoms with E-state index in [0.717, 1.165) is 17.0 Å². The van der Waals surface area contributed by atoms with Crippen molar-refractivity contribution in [1.29, 1.82) is 0 Å². The molecule has 2 aromatic carbocycles. The second kappa shape index (κ2) is 4.86. The third kappa shape index (κ3) is 1.97. The van der Waals surface area contributed by atoms with Crippen LogP contribution in [0.1, 0.15) is 5.56 Å². The molecule has 104 valence electrons. The van der Waals surface area contributed by atoms with Crippen molar-refractivity contribution < 1.29 is 0 Å². The van der Waals surface area contributed by atoms with Gasteiger partial charge in [0.1, 0.15) is 5.71 Å². The Morgan fingerprint density at radius 3 is 2.29 bits per heavy atom. The normalized spacial score (nSPS) is 20.0. The van der Waals surface area contributed by atoms with E-state index in [-0.39, 0.29) is 10.9 Å². The van der Waals surface area contributed by atoms with E-state index < -0.39 is 0 Å². The number of nitrogens with zero attached hydrogens (tertiary/aromatic N) is 4. The first-order chi connectivity index (χ1) is 10.3. The van der Waals surface area contributed by atoms with E-state index in [4.69, 9.17) is 5.10 Å². The zero-order valence-electron chi connectivity index (χ0n) is 11.5. The smallest absolute Gasteiger partial charge is 0.109 e. The fraction of sp³-hybridized carbons (Fsp3) is 0.0625. The molecule has 0 amide bonds. The predicted octanol–water partition coefficient (Wildman–Crippen LogP) is 3.11. The Morgan fingerprint density at radius 2 is 1.57 bits per heavy atom. The number of hydrogen-bond donors (Lipinski definition) is 0. The van der Waals surface area contributed by atoms with E-state index in [1.165, 1.54) is 4.86 Å². The highest BCUT2D eigenvalue weighted by Crippen LogP contribution is 2.39. The van der Waals surface area contributed by atoms with Crippen LogP contribution in [0.5, 0.6) is 0 Å². The number of para-hydroxylation sites is 1. The molecule has 0 fully saturated rings. The van der Waals surface area contributed by atoms with Crippen molar-refractivity contribution in [2.75, 3.05) is 11.5 Å². The number of anilines is 1. The highest BCUT2D eigenvalue weighted by Gasteiger charge is 2.31. The van der Waals surface area contributed by atoms with Gasteiger partial charge in [-0.05, 0) is 12.1 Å². The molecule has 4 nitrogen and oxygen atoms in total. The van der Waals surface area contributed by atoms with Gasteiger partial charge in [0.2, 0.25) is 0 Å². The summed E-state index contributed by atoms with van der Waals surface area (Å²) >= 11 is 0. The van der Waals surface area contributed by atoms with E-state index in [0.29, 0.717) is 0 Å². The maximum absolute atomic E-state index is 4.71. The van der Waals surface area contributed by atoms with Crippen LogP contribution in [-0.4, -0.2) is 28.3 Å². The van der Waals surface area contributed by atoms with E-state index >= 15 is 0 Å². The average Bonchev–Trinajstić information content (AvgIpc) is 3.11. The summed E-state index contributed by atoms with van der Waals surface area (Å²) in [6.07, 6.45) is 1.94. The van der Waals surface area contributed by atoms with Gasteiger partial charge in [-0.2, -0.15) is 14.6 Å². The highest BCUT2D eigenvalue weighted by molar-refractivity contribution is 8.17. The first-order valence-electron chi connectivity index (χ1n) is 6.73. The van der Waals surface area contributed by atoms with Gasteiger partial charge in [0.25, 0.3) is 0 Å². The summed E-state index contributed by atoms with van der Waals surface area (Å²) in [6, 6.07) is 20.5. The zero-order chi connectivity index (χ0) is 14.2. The Kier molecular flexibility index (Phi) is 2.86. The Labute approximate surface area is 126 Å². The van der Waals surface area contributed by atoms with Crippen molar-refractivity contribution in [2.24, 2.45) is 10.2 Å². The third-order valence-corrected chi connectivity index (χ3v) is 5.30. The Morgan fingerprint density at radius 1 is 0.905 bits per heavy atom. The van der Waals surface area contributed by atoms with Crippen LogP contribution >= 0.6 is 10.9 Å². The van der Waals surface area contributed by atoms with Gasteiger partial charge in [0.05, 0.1) is 27.6 Å². The van der Waals surface area contributed by atoms with Gasteiger partial charge in [0, 0.05) is 12.6 Å². The molecule has 0 radical (unpaired) electrons. The third-order valence-electron chi connectivity index (χ3n) is 3.39. The van der Waals surface area contributed by atoms with Crippen molar-refractivity contribution in [3.63, 3.8) is 0 Å². The number of benzene rings is 2. The lowest BCUT2D eigenvalue weighted by Gasteiger charge is -2.22. The van der Waals surface area contributed by atoms with Gasteiger partial charge in [-0.25, -0.2) is 4.41 Å². The minimum absolute atomic E-state index is 0.275. The second-order valence-corrected chi connectivity index (χ2v) is 6.60. The summed E-state index contributed by atoms with van der Waals surface area (Å²) in [6.45, 7) is 0. The quantitative estimate of drug-likeness (QED) is 0.797. The molecule has 2 heterocycles. The maximum atomic E-state index is 4.71. The summed E-state index contributed by atoms with van der Waals surface area (Å²) < 4.78 is 4.03. The maximum Gasteiger partial charge on any atom is 0.109 e. The number of hydrazone groups is 2. The molecule has 0 aromatic heterocycles. The van der Waals surface area contributed by atoms with Gasteiger partial charge >= 0.3 is 0 Å². The minimum atomic E-state index is -0.275. The molecule has 21 heavy (non-hydrogen) atoms. The van der Waals surface area contributed by atoms with Crippen molar-refractivity contribution >= 4 is 33.3 Å². The Bertz CT molecular complexity index is 765. The van der Waals surface area contributed by atoms with Crippen molar-refractivity contribution in [3.05, 3.63) is 66.2 Å².